The molecule has 0 atom stereocenters. The van der Waals surface area contributed by atoms with Gasteiger partial charge in [-0.25, -0.2) is 4.79 Å². The molecule has 0 unspecified atom stereocenters. The maximum absolute atomic E-state index is 11.3. The summed E-state index contributed by atoms with van der Waals surface area (Å²) in [4.78, 5) is 21.9. The minimum absolute atomic E-state index is 0.251. The van der Waals surface area contributed by atoms with Gasteiger partial charge in [0.15, 0.2) is 0 Å². The number of halogens is 1. The van der Waals surface area contributed by atoms with E-state index in [1.165, 1.54) is 6.08 Å². The van der Waals surface area contributed by atoms with Crippen molar-refractivity contribution in [2.24, 2.45) is 0 Å². The highest BCUT2D eigenvalue weighted by atomic mass is 79.9. The van der Waals surface area contributed by atoms with E-state index in [1.54, 1.807) is 6.92 Å². The molecule has 1 aromatic rings. The van der Waals surface area contributed by atoms with Crippen molar-refractivity contribution in [3.63, 3.8) is 0 Å². The first-order chi connectivity index (χ1) is 9.02. The van der Waals surface area contributed by atoms with Gasteiger partial charge < -0.3 is 9.84 Å². The van der Waals surface area contributed by atoms with Crippen molar-refractivity contribution in [3.05, 3.63) is 39.9 Å². The number of rotatable bonds is 6. The molecule has 1 aromatic carbocycles. The van der Waals surface area contributed by atoms with Crippen LogP contribution in [0.1, 0.15) is 24.5 Å². The summed E-state index contributed by atoms with van der Waals surface area (Å²) in [7, 11) is 0. The van der Waals surface area contributed by atoms with Gasteiger partial charge in [-0.2, -0.15) is 0 Å². The number of esters is 1. The van der Waals surface area contributed by atoms with Gasteiger partial charge in [0.1, 0.15) is 0 Å². The van der Waals surface area contributed by atoms with Gasteiger partial charge in [-0.15, -0.1) is 0 Å². The molecular formula is C14H15BrO4. The fourth-order valence-electron chi connectivity index (χ4n) is 1.58. The van der Waals surface area contributed by atoms with E-state index in [4.69, 9.17) is 9.84 Å². The van der Waals surface area contributed by atoms with Crippen LogP contribution in [0.2, 0.25) is 0 Å². The molecule has 0 aliphatic rings. The van der Waals surface area contributed by atoms with E-state index in [2.05, 4.69) is 15.9 Å². The van der Waals surface area contributed by atoms with Gasteiger partial charge in [-0.1, -0.05) is 22.0 Å². The number of ether oxygens (including phenoxy) is 1. The Morgan fingerprint density at radius 2 is 2.16 bits per heavy atom. The third-order valence-corrected chi connectivity index (χ3v) is 2.91. The zero-order valence-corrected chi connectivity index (χ0v) is 12.1. The van der Waals surface area contributed by atoms with Gasteiger partial charge in [-0.3, -0.25) is 4.79 Å². The van der Waals surface area contributed by atoms with Crippen molar-refractivity contribution < 1.29 is 19.4 Å². The second-order valence-electron chi connectivity index (χ2n) is 3.82. The van der Waals surface area contributed by atoms with Gasteiger partial charge in [0.2, 0.25) is 0 Å². The number of carbonyl (C=O) groups excluding carboxylic acids is 1. The Kier molecular flexibility index (Phi) is 6.29. The normalized spacial score (nSPS) is 10.6. The summed E-state index contributed by atoms with van der Waals surface area (Å²) in [5.41, 5.74) is 1.69. The summed E-state index contributed by atoms with van der Waals surface area (Å²) in [5.74, 6) is -1.25. The van der Waals surface area contributed by atoms with Gasteiger partial charge in [0, 0.05) is 17.0 Å². The standard InChI is InChI=1S/C14H15BrO4/c1-2-19-14(18)8-5-10-3-6-12(15)9-11(10)4-7-13(16)17/h3-4,6-7,9H,2,5,8H2,1H3,(H,16,17)/b7-4+. The molecule has 1 rings (SSSR count). The van der Waals surface area contributed by atoms with Gasteiger partial charge in [0.05, 0.1) is 6.61 Å². The van der Waals surface area contributed by atoms with E-state index in [9.17, 15) is 9.59 Å². The predicted molar refractivity (Wildman–Crippen MR) is 75.8 cm³/mol. The quantitative estimate of drug-likeness (QED) is 0.644. The van der Waals surface area contributed by atoms with Crippen LogP contribution < -0.4 is 0 Å². The Morgan fingerprint density at radius 3 is 2.79 bits per heavy atom. The summed E-state index contributed by atoms with van der Waals surface area (Å²) < 4.78 is 5.72. The van der Waals surface area contributed by atoms with Crippen LogP contribution in [0.4, 0.5) is 0 Å². The van der Waals surface area contributed by atoms with Crippen LogP contribution >= 0.6 is 15.9 Å². The number of benzene rings is 1. The van der Waals surface area contributed by atoms with E-state index >= 15 is 0 Å². The lowest BCUT2D eigenvalue weighted by molar-refractivity contribution is -0.143. The maximum Gasteiger partial charge on any atom is 0.328 e. The van der Waals surface area contributed by atoms with E-state index < -0.39 is 5.97 Å². The topological polar surface area (TPSA) is 63.6 Å². The molecule has 0 saturated carbocycles. The first-order valence-electron chi connectivity index (χ1n) is 5.88. The van der Waals surface area contributed by atoms with Crippen LogP contribution in [0.15, 0.2) is 28.7 Å². The third kappa shape index (κ3) is 5.70. The van der Waals surface area contributed by atoms with Crippen molar-refractivity contribution in [1.82, 2.24) is 0 Å². The second-order valence-corrected chi connectivity index (χ2v) is 4.74. The third-order valence-electron chi connectivity index (χ3n) is 2.42. The van der Waals surface area contributed by atoms with Crippen molar-refractivity contribution in [1.29, 1.82) is 0 Å². The van der Waals surface area contributed by atoms with E-state index in [0.717, 1.165) is 21.7 Å². The molecule has 0 radical (unpaired) electrons. The van der Waals surface area contributed by atoms with Crippen molar-refractivity contribution in [3.8, 4) is 0 Å². The maximum atomic E-state index is 11.3. The molecule has 0 amide bonds. The molecule has 4 nitrogen and oxygen atoms in total. The Hall–Kier alpha value is -1.62. The number of carboxylic acid groups (broad SMARTS) is 1. The molecule has 1 N–H and O–H groups in total. The van der Waals surface area contributed by atoms with Crippen molar-refractivity contribution in [2.75, 3.05) is 6.61 Å². The summed E-state index contributed by atoms with van der Waals surface area (Å²) in [6.45, 7) is 2.13. The molecule has 19 heavy (non-hydrogen) atoms. The van der Waals surface area contributed by atoms with Crippen LogP contribution in [0.25, 0.3) is 6.08 Å². The molecule has 5 heteroatoms. The van der Waals surface area contributed by atoms with Gasteiger partial charge in [-0.05, 0) is 42.7 Å². The van der Waals surface area contributed by atoms with Crippen LogP contribution in [0, 0.1) is 0 Å². The Labute approximate surface area is 120 Å². The molecule has 0 fully saturated rings. The first kappa shape index (κ1) is 15.4. The number of aliphatic carboxylic acids is 1. The largest absolute Gasteiger partial charge is 0.478 e. The highest BCUT2D eigenvalue weighted by molar-refractivity contribution is 9.10. The van der Waals surface area contributed by atoms with Gasteiger partial charge >= 0.3 is 11.9 Å². The van der Waals surface area contributed by atoms with E-state index in [-0.39, 0.29) is 12.4 Å². The van der Waals surface area contributed by atoms with Crippen LogP contribution in [0.5, 0.6) is 0 Å². The van der Waals surface area contributed by atoms with Crippen molar-refractivity contribution >= 4 is 33.9 Å². The lowest BCUT2D eigenvalue weighted by atomic mass is 10.0. The van der Waals surface area contributed by atoms with E-state index in [0.29, 0.717) is 13.0 Å². The molecule has 0 aliphatic heterocycles. The summed E-state index contributed by atoms with van der Waals surface area (Å²) in [5, 5.41) is 8.65. The SMILES string of the molecule is CCOC(=O)CCc1ccc(Br)cc1/C=C/C(=O)O. The van der Waals surface area contributed by atoms with Crippen LogP contribution in [-0.2, 0) is 20.7 Å². The molecule has 0 heterocycles. The predicted octanol–water partition coefficient (Wildman–Crippen LogP) is 3.04. The smallest absolute Gasteiger partial charge is 0.328 e. The number of carboxylic acids is 1. The van der Waals surface area contributed by atoms with Crippen LogP contribution in [-0.4, -0.2) is 23.7 Å². The molecular weight excluding hydrogens is 312 g/mol. The number of carbonyl (C=O) groups is 2. The Balaban J connectivity index is 2.81. The average Bonchev–Trinajstić information content (AvgIpc) is 2.35. The molecule has 0 aliphatic carbocycles. The van der Waals surface area contributed by atoms with E-state index in [1.807, 2.05) is 18.2 Å². The van der Waals surface area contributed by atoms with Gasteiger partial charge in [0.25, 0.3) is 0 Å². The fourth-order valence-corrected chi connectivity index (χ4v) is 1.96. The molecule has 102 valence electrons. The highest BCUT2D eigenvalue weighted by Crippen LogP contribution is 2.19. The Morgan fingerprint density at radius 1 is 1.42 bits per heavy atom. The summed E-state index contributed by atoms with van der Waals surface area (Å²) in [6, 6.07) is 5.54. The molecule has 0 spiro atoms. The summed E-state index contributed by atoms with van der Waals surface area (Å²) >= 11 is 3.34. The first-order valence-corrected chi connectivity index (χ1v) is 6.67. The molecule has 0 bridgehead atoms. The zero-order valence-electron chi connectivity index (χ0n) is 10.6. The average molecular weight is 327 g/mol. The number of hydrogen-bond acceptors (Lipinski definition) is 3. The Bertz CT molecular complexity index is 494. The minimum Gasteiger partial charge on any atom is -0.478 e. The van der Waals surface area contributed by atoms with Crippen LogP contribution in [0.3, 0.4) is 0 Å². The van der Waals surface area contributed by atoms with Crippen molar-refractivity contribution in [2.45, 2.75) is 19.8 Å². The minimum atomic E-state index is -1.00. The summed E-state index contributed by atoms with van der Waals surface area (Å²) in [6.07, 6.45) is 3.40. The lowest BCUT2D eigenvalue weighted by Gasteiger charge is -2.06. The molecule has 0 aromatic heterocycles. The second kappa shape index (κ2) is 7.74. The zero-order chi connectivity index (χ0) is 14.3. The lowest BCUT2D eigenvalue weighted by Crippen LogP contribution is -2.05. The highest BCUT2D eigenvalue weighted by Gasteiger charge is 2.06. The number of aryl methyl sites for hydroxylation is 1. The molecule has 0 saturated heterocycles. The number of hydrogen-bond donors (Lipinski definition) is 1. The fraction of sp³-hybridized carbons (Fsp3) is 0.286. The monoisotopic (exact) mass is 326 g/mol.